The Labute approximate surface area is 177 Å². The topological polar surface area (TPSA) is 50.3 Å². The number of halogens is 1. The fourth-order valence-corrected chi connectivity index (χ4v) is 6.15. The minimum absolute atomic E-state index is 0.186. The van der Waals surface area contributed by atoms with Gasteiger partial charge < -0.3 is 0 Å². The highest BCUT2D eigenvalue weighted by Crippen LogP contribution is 2.38. The lowest BCUT2D eigenvalue weighted by Gasteiger charge is -2.35. The molecule has 29 heavy (non-hydrogen) atoms. The van der Waals surface area contributed by atoms with Crippen molar-refractivity contribution in [2.75, 3.05) is 6.54 Å². The zero-order valence-electron chi connectivity index (χ0n) is 16.3. The summed E-state index contributed by atoms with van der Waals surface area (Å²) < 4.78 is 28.8. The number of piperidine rings is 1. The van der Waals surface area contributed by atoms with Gasteiger partial charge in [-0.2, -0.15) is 4.31 Å². The summed E-state index contributed by atoms with van der Waals surface area (Å²) in [6.45, 7) is 2.27. The highest BCUT2D eigenvalue weighted by molar-refractivity contribution is 7.89. The Balaban J connectivity index is 1.75. The van der Waals surface area contributed by atoms with E-state index in [1.807, 2.05) is 30.3 Å². The molecule has 0 N–H and O–H groups in total. The molecule has 1 aromatic heterocycles. The van der Waals surface area contributed by atoms with Crippen LogP contribution in [0.4, 0.5) is 0 Å². The maximum absolute atomic E-state index is 13.6. The first-order chi connectivity index (χ1) is 14.0. The average Bonchev–Trinajstić information content (AvgIpc) is 2.76. The highest BCUT2D eigenvalue weighted by atomic mass is 35.5. The van der Waals surface area contributed by atoms with Crippen molar-refractivity contribution < 1.29 is 8.42 Å². The molecule has 1 fully saturated rings. The molecule has 0 aliphatic carbocycles. The maximum atomic E-state index is 13.6. The summed E-state index contributed by atoms with van der Waals surface area (Å²) in [5, 5.41) is 0.472. The van der Waals surface area contributed by atoms with Crippen molar-refractivity contribution in [2.45, 2.75) is 37.1 Å². The van der Waals surface area contributed by atoms with Gasteiger partial charge in [0.25, 0.3) is 0 Å². The third kappa shape index (κ3) is 3.95. The number of hydrogen-bond acceptors (Lipinski definition) is 3. The zero-order chi connectivity index (χ0) is 20.4. The van der Waals surface area contributed by atoms with Crippen molar-refractivity contribution in [1.82, 2.24) is 9.29 Å². The van der Waals surface area contributed by atoms with Crippen LogP contribution in [0.5, 0.6) is 0 Å². The van der Waals surface area contributed by atoms with Crippen molar-refractivity contribution >= 4 is 21.6 Å². The summed E-state index contributed by atoms with van der Waals surface area (Å²) in [7, 11) is -3.65. The van der Waals surface area contributed by atoms with Crippen LogP contribution in [0.15, 0.2) is 71.9 Å². The molecule has 4 nitrogen and oxygen atoms in total. The fourth-order valence-electron chi connectivity index (χ4n) is 3.99. The second kappa shape index (κ2) is 8.27. The minimum Gasteiger partial charge on any atom is -0.265 e. The molecule has 1 aliphatic rings. The zero-order valence-corrected chi connectivity index (χ0v) is 17.8. The fraction of sp³-hybridized carbons (Fsp3) is 0.261. The lowest BCUT2D eigenvalue weighted by atomic mass is 9.94. The van der Waals surface area contributed by atoms with E-state index in [2.05, 4.69) is 11.1 Å². The summed E-state index contributed by atoms with van der Waals surface area (Å²) in [5.41, 5.74) is 3.75. The van der Waals surface area contributed by atoms with Crippen molar-refractivity contribution in [3.8, 4) is 11.1 Å². The first-order valence-corrected chi connectivity index (χ1v) is 11.6. The summed E-state index contributed by atoms with van der Waals surface area (Å²) in [4.78, 5) is 4.37. The van der Waals surface area contributed by atoms with Gasteiger partial charge in [-0.1, -0.05) is 42.3 Å². The molecule has 1 aliphatic heterocycles. The molecule has 1 atom stereocenters. The van der Waals surface area contributed by atoms with Crippen LogP contribution in [0, 0.1) is 6.92 Å². The Morgan fingerprint density at radius 2 is 1.76 bits per heavy atom. The first-order valence-electron chi connectivity index (χ1n) is 9.76. The van der Waals surface area contributed by atoms with E-state index in [-0.39, 0.29) is 6.04 Å². The average molecular weight is 427 g/mol. The van der Waals surface area contributed by atoms with Crippen molar-refractivity contribution in [2.24, 2.45) is 0 Å². The molecule has 3 aromatic rings. The smallest absolute Gasteiger partial charge is 0.243 e. The van der Waals surface area contributed by atoms with E-state index >= 15 is 0 Å². The Kier molecular flexibility index (Phi) is 5.72. The summed E-state index contributed by atoms with van der Waals surface area (Å²) in [5.74, 6) is 0. The van der Waals surface area contributed by atoms with E-state index in [4.69, 9.17) is 11.6 Å². The molecule has 0 bridgehead atoms. The van der Waals surface area contributed by atoms with Crippen LogP contribution in [-0.2, 0) is 10.0 Å². The number of hydrogen-bond donors (Lipinski definition) is 0. The standard InChI is InChI=1S/C23H23ClN2O2S/c1-17-21(24)8-5-10-23(17)29(27,28)26-15-3-2-9-22(26)20-7-4-6-19(16-20)18-11-13-25-14-12-18/h4-8,10-14,16,22H,2-3,9,15H2,1H3. The second-order valence-electron chi connectivity index (χ2n) is 7.35. The third-order valence-corrected chi connectivity index (χ3v) is 8.01. The van der Waals surface area contributed by atoms with Gasteiger partial charge in [0.2, 0.25) is 10.0 Å². The third-order valence-electron chi connectivity index (χ3n) is 5.54. The van der Waals surface area contributed by atoms with Crippen LogP contribution in [0.3, 0.4) is 0 Å². The highest BCUT2D eigenvalue weighted by Gasteiger charge is 2.35. The van der Waals surface area contributed by atoms with Gasteiger partial charge in [-0.05, 0) is 72.4 Å². The van der Waals surface area contributed by atoms with Crippen LogP contribution in [0.1, 0.15) is 36.4 Å². The minimum atomic E-state index is -3.65. The van der Waals surface area contributed by atoms with Gasteiger partial charge in [0.05, 0.1) is 10.9 Å². The van der Waals surface area contributed by atoms with E-state index in [0.717, 1.165) is 36.0 Å². The number of sulfonamides is 1. The first kappa shape index (κ1) is 20.1. The van der Waals surface area contributed by atoms with Gasteiger partial charge in [0, 0.05) is 24.0 Å². The predicted molar refractivity (Wildman–Crippen MR) is 116 cm³/mol. The number of benzene rings is 2. The van der Waals surface area contributed by atoms with Gasteiger partial charge in [-0.15, -0.1) is 0 Å². The molecule has 0 spiro atoms. The van der Waals surface area contributed by atoms with Gasteiger partial charge >= 0.3 is 0 Å². The van der Waals surface area contributed by atoms with Crippen LogP contribution in [-0.4, -0.2) is 24.3 Å². The summed E-state index contributed by atoms with van der Waals surface area (Å²) in [6.07, 6.45) is 6.20. The molecule has 6 heteroatoms. The maximum Gasteiger partial charge on any atom is 0.243 e. The molecular formula is C23H23ClN2O2S. The van der Waals surface area contributed by atoms with Gasteiger partial charge in [-0.3, -0.25) is 4.98 Å². The van der Waals surface area contributed by atoms with E-state index in [1.54, 1.807) is 41.8 Å². The normalized spacial score (nSPS) is 17.9. The Bertz CT molecular complexity index is 1120. The lowest BCUT2D eigenvalue weighted by molar-refractivity contribution is 0.256. The predicted octanol–water partition coefficient (Wildman–Crippen LogP) is 5.63. The quantitative estimate of drug-likeness (QED) is 0.543. The van der Waals surface area contributed by atoms with Gasteiger partial charge in [0.15, 0.2) is 0 Å². The van der Waals surface area contributed by atoms with Crippen LogP contribution in [0.25, 0.3) is 11.1 Å². The Morgan fingerprint density at radius 3 is 2.55 bits per heavy atom. The Morgan fingerprint density at radius 1 is 1.00 bits per heavy atom. The SMILES string of the molecule is Cc1c(Cl)cccc1S(=O)(=O)N1CCCCC1c1cccc(-c2ccncc2)c1. The lowest BCUT2D eigenvalue weighted by Crippen LogP contribution is -2.38. The van der Waals surface area contributed by atoms with Gasteiger partial charge in [0.1, 0.15) is 0 Å². The number of pyridine rings is 1. The molecule has 1 saturated heterocycles. The largest absolute Gasteiger partial charge is 0.265 e. The van der Waals surface area contributed by atoms with E-state index in [0.29, 0.717) is 22.0 Å². The number of nitrogens with zero attached hydrogens (tertiary/aromatic N) is 2. The molecule has 150 valence electrons. The van der Waals surface area contributed by atoms with Crippen LogP contribution in [0.2, 0.25) is 5.02 Å². The van der Waals surface area contributed by atoms with Crippen molar-refractivity contribution in [3.63, 3.8) is 0 Å². The molecule has 4 rings (SSSR count). The van der Waals surface area contributed by atoms with E-state index in [9.17, 15) is 8.42 Å². The molecule has 2 heterocycles. The van der Waals surface area contributed by atoms with Crippen LogP contribution < -0.4 is 0 Å². The molecule has 1 unspecified atom stereocenters. The molecular weight excluding hydrogens is 404 g/mol. The van der Waals surface area contributed by atoms with Crippen molar-refractivity contribution in [1.29, 1.82) is 0 Å². The summed E-state index contributed by atoms with van der Waals surface area (Å²) >= 11 is 6.21. The molecule has 0 saturated carbocycles. The van der Waals surface area contributed by atoms with Crippen molar-refractivity contribution in [3.05, 3.63) is 83.1 Å². The molecule has 0 radical (unpaired) electrons. The molecule has 2 aromatic carbocycles. The van der Waals surface area contributed by atoms with E-state index < -0.39 is 10.0 Å². The van der Waals surface area contributed by atoms with E-state index in [1.165, 1.54) is 0 Å². The Hall–Kier alpha value is -2.21. The van der Waals surface area contributed by atoms with Crippen LogP contribution >= 0.6 is 11.6 Å². The number of rotatable bonds is 4. The number of aromatic nitrogens is 1. The monoisotopic (exact) mass is 426 g/mol. The summed E-state index contributed by atoms with van der Waals surface area (Å²) in [6, 6.07) is 17.0. The second-order valence-corrected chi connectivity index (χ2v) is 9.62. The molecule has 0 amide bonds. The van der Waals surface area contributed by atoms with Gasteiger partial charge in [-0.25, -0.2) is 8.42 Å².